The number of unbranched alkanes of at least 4 members (excludes halogenated alkanes) is 2. The SMILES string of the molecule is COCCCCCNCc1cc(C)c(C)cc1C. The Hall–Kier alpha value is -0.860. The van der Waals surface area contributed by atoms with Crippen LogP contribution in [0.2, 0.25) is 0 Å². The number of ether oxygens (including phenoxy) is 1. The van der Waals surface area contributed by atoms with Gasteiger partial charge in [-0.15, -0.1) is 0 Å². The van der Waals surface area contributed by atoms with Crippen molar-refractivity contribution >= 4 is 0 Å². The molecule has 1 aromatic carbocycles. The van der Waals surface area contributed by atoms with Gasteiger partial charge in [0.2, 0.25) is 0 Å². The quantitative estimate of drug-likeness (QED) is 0.712. The summed E-state index contributed by atoms with van der Waals surface area (Å²) in [7, 11) is 1.76. The Labute approximate surface area is 112 Å². The molecule has 0 fully saturated rings. The first-order valence-electron chi connectivity index (χ1n) is 6.91. The second kappa shape index (κ2) is 8.28. The molecular weight excluding hydrogens is 222 g/mol. The monoisotopic (exact) mass is 249 g/mol. The van der Waals surface area contributed by atoms with Crippen molar-refractivity contribution in [2.24, 2.45) is 0 Å². The van der Waals surface area contributed by atoms with E-state index in [9.17, 15) is 0 Å². The van der Waals surface area contributed by atoms with Gasteiger partial charge in [-0.1, -0.05) is 12.1 Å². The van der Waals surface area contributed by atoms with Crippen LogP contribution < -0.4 is 5.32 Å². The minimum absolute atomic E-state index is 0.885. The summed E-state index contributed by atoms with van der Waals surface area (Å²) in [5.41, 5.74) is 5.59. The van der Waals surface area contributed by atoms with Crippen LogP contribution in [-0.4, -0.2) is 20.3 Å². The molecule has 0 saturated heterocycles. The van der Waals surface area contributed by atoms with Gasteiger partial charge in [0.05, 0.1) is 0 Å². The summed E-state index contributed by atoms with van der Waals surface area (Å²) in [5, 5.41) is 3.53. The number of nitrogens with one attached hydrogen (secondary N) is 1. The van der Waals surface area contributed by atoms with Gasteiger partial charge in [0, 0.05) is 20.3 Å². The Morgan fingerprint density at radius 2 is 1.67 bits per heavy atom. The first-order chi connectivity index (χ1) is 8.65. The van der Waals surface area contributed by atoms with Crippen LogP contribution in [0.25, 0.3) is 0 Å². The van der Waals surface area contributed by atoms with Crippen molar-refractivity contribution in [3.05, 3.63) is 34.4 Å². The Balaban J connectivity index is 2.25. The Kier molecular flexibility index (Phi) is 6.99. The topological polar surface area (TPSA) is 21.3 Å². The van der Waals surface area contributed by atoms with Crippen LogP contribution in [0.1, 0.15) is 41.5 Å². The van der Waals surface area contributed by atoms with Crippen LogP contribution in [-0.2, 0) is 11.3 Å². The first-order valence-corrected chi connectivity index (χ1v) is 6.91. The minimum Gasteiger partial charge on any atom is -0.385 e. The minimum atomic E-state index is 0.885. The summed E-state index contributed by atoms with van der Waals surface area (Å²) in [4.78, 5) is 0. The Morgan fingerprint density at radius 3 is 2.39 bits per heavy atom. The average Bonchev–Trinajstić information content (AvgIpc) is 2.34. The predicted molar refractivity (Wildman–Crippen MR) is 78.1 cm³/mol. The van der Waals surface area contributed by atoms with E-state index in [4.69, 9.17) is 4.74 Å². The molecule has 0 aliphatic rings. The normalized spacial score (nSPS) is 10.9. The van der Waals surface area contributed by atoms with Crippen molar-refractivity contribution < 1.29 is 4.74 Å². The first kappa shape index (κ1) is 15.2. The summed E-state index contributed by atoms with van der Waals surface area (Å²) < 4.78 is 5.04. The van der Waals surface area contributed by atoms with Crippen molar-refractivity contribution in [2.45, 2.75) is 46.6 Å². The standard InChI is InChI=1S/C16H27NO/c1-13-10-15(3)16(11-14(13)2)12-17-8-6-5-7-9-18-4/h10-11,17H,5-9,12H2,1-4H3. The average molecular weight is 249 g/mol. The summed E-state index contributed by atoms with van der Waals surface area (Å²) in [6, 6.07) is 4.59. The van der Waals surface area contributed by atoms with Crippen molar-refractivity contribution in [3.63, 3.8) is 0 Å². The highest BCUT2D eigenvalue weighted by atomic mass is 16.5. The van der Waals surface area contributed by atoms with E-state index in [-0.39, 0.29) is 0 Å². The number of aryl methyl sites for hydroxylation is 3. The smallest absolute Gasteiger partial charge is 0.0462 e. The van der Waals surface area contributed by atoms with Crippen molar-refractivity contribution in [3.8, 4) is 0 Å². The lowest BCUT2D eigenvalue weighted by molar-refractivity contribution is 0.192. The van der Waals surface area contributed by atoms with E-state index in [2.05, 4.69) is 38.2 Å². The molecule has 0 unspecified atom stereocenters. The van der Waals surface area contributed by atoms with Gasteiger partial charge >= 0.3 is 0 Å². The lowest BCUT2D eigenvalue weighted by atomic mass is 10.0. The molecule has 0 aliphatic heterocycles. The van der Waals surface area contributed by atoms with Crippen molar-refractivity contribution in [2.75, 3.05) is 20.3 Å². The maximum atomic E-state index is 5.04. The molecule has 0 amide bonds. The third-order valence-electron chi connectivity index (χ3n) is 3.47. The second-order valence-corrected chi connectivity index (χ2v) is 5.09. The van der Waals surface area contributed by atoms with Gasteiger partial charge in [0.1, 0.15) is 0 Å². The number of benzene rings is 1. The zero-order valence-electron chi connectivity index (χ0n) is 12.3. The van der Waals surface area contributed by atoms with Gasteiger partial charge in [-0.3, -0.25) is 0 Å². The zero-order valence-corrected chi connectivity index (χ0v) is 12.3. The molecule has 0 spiro atoms. The van der Waals surface area contributed by atoms with Crippen LogP contribution in [0.15, 0.2) is 12.1 Å². The predicted octanol–water partition coefficient (Wildman–Crippen LogP) is 3.52. The second-order valence-electron chi connectivity index (χ2n) is 5.09. The van der Waals surface area contributed by atoms with E-state index in [0.29, 0.717) is 0 Å². The fraction of sp³-hybridized carbons (Fsp3) is 0.625. The molecule has 0 saturated carbocycles. The fourth-order valence-electron chi connectivity index (χ4n) is 2.11. The largest absolute Gasteiger partial charge is 0.385 e. The van der Waals surface area contributed by atoms with E-state index in [1.165, 1.54) is 41.5 Å². The molecule has 1 N–H and O–H groups in total. The molecule has 102 valence electrons. The molecule has 0 radical (unpaired) electrons. The molecule has 0 bridgehead atoms. The highest BCUT2D eigenvalue weighted by molar-refractivity contribution is 5.36. The van der Waals surface area contributed by atoms with Gasteiger partial charge in [-0.05, 0) is 68.8 Å². The lowest BCUT2D eigenvalue weighted by Crippen LogP contribution is -2.15. The van der Waals surface area contributed by atoms with Crippen molar-refractivity contribution in [1.29, 1.82) is 0 Å². The molecular formula is C16H27NO. The van der Waals surface area contributed by atoms with Crippen LogP contribution >= 0.6 is 0 Å². The van der Waals surface area contributed by atoms with Crippen LogP contribution in [0.4, 0.5) is 0 Å². The fourth-order valence-corrected chi connectivity index (χ4v) is 2.11. The summed E-state index contributed by atoms with van der Waals surface area (Å²) in [6.07, 6.45) is 3.64. The molecule has 1 rings (SSSR count). The third-order valence-corrected chi connectivity index (χ3v) is 3.47. The summed E-state index contributed by atoms with van der Waals surface area (Å²) in [5.74, 6) is 0. The van der Waals surface area contributed by atoms with Crippen LogP contribution in [0, 0.1) is 20.8 Å². The molecule has 0 atom stereocenters. The van der Waals surface area contributed by atoms with E-state index in [1.807, 2.05) is 0 Å². The number of methoxy groups -OCH3 is 1. The molecule has 18 heavy (non-hydrogen) atoms. The van der Waals surface area contributed by atoms with E-state index in [1.54, 1.807) is 7.11 Å². The molecule has 1 aromatic rings. The molecule has 0 heterocycles. The molecule has 2 heteroatoms. The maximum Gasteiger partial charge on any atom is 0.0462 e. The van der Waals surface area contributed by atoms with E-state index in [0.717, 1.165) is 19.7 Å². The van der Waals surface area contributed by atoms with E-state index < -0.39 is 0 Å². The van der Waals surface area contributed by atoms with Crippen LogP contribution in [0.5, 0.6) is 0 Å². The molecule has 0 aliphatic carbocycles. The Morgan fingerprint density at radius 1 is 0.944 bits per heavy atom. The van der Waals surface area contributed by atoms with Gasteiger partial charge in [0.25, 0.3) is 0 Å². The van der Waals surface area contributed by atoms with Gasteiger partial charge < -0.3 is 10.1 Å². The lowest BCUT2D eigenvalue weighted by Gasteiger charge is -2.11. The summed E-state index contributed by atoms with van der Waals surface area (Å²) in [6.45, 7) is 9.52. The zero-order chi connectivity index (χ0) is 13.4. The molecule has 2 nitrogen and oxygen atoms in total. The number of hydrogen-bond donors (Lipinski definition) is 1. The van der Waals surface area contributed by atoms with Gasteiger partial charge in [0.15, 0.2) is 0 Å². The highest BCUT2D eigenvalue weighted by Crippen LogP contribution is 2.15. The maximum absolute atomic E-state index is 5.04. The van der Waals surface area contributed by atoms with E-state index >= 15 is 0 Å². The summed E-state index contributed by atoms with van der Waals surface area (Å²) >= 11 is 0. The highest BCUT2D eigenvalue weighted by Gasteiger charge is 2.01. The van der Waals surface area contributed by atoms with Gasteiger partial charge in [-0.2, -0.15) is 0 Å². The third kappa shape index (κ3) is 5.19. The van der Waals surface area contributed by atoms with Crippen LogP contribution in [0.3, 0.4) is 0 Å². The van der Waals surface area contributed by atoms with Gasteiger partial charge in [-0.25, -0.2) is 0 Å². The Bertz CT molecular complexity index is 360. The number of rotatable bonds is 8. The van der Waals surface area contributed by atoms with Crippen molar-refractivity contribution in [1.82, 2.24) is 5.32 Å². The number of hydrogen-bond acceptors (Lipinski definition) is 2. The molecule has 0 aromatic heterocycles.